The second-order valence-electron chi connectivity index (χ2n) is 5.63. The molecule has 4 nitrogen and oxygen atoms in total. The van der Waals surface area contributed by atoms with Crippen molar-refractivity contribution in [1.82, 2.24) is 9.97 Å². The third-order valence-corrected chi connectivity index (χ3v) is 4.44. The molecule has 2 heterocycles. The Morgan fingerprint density at radius 3 is 2.95 bits per heavy atom. The minimum atomic E-state index is -0.421. The molecule has 1 aromatic carbocycles. The minimum absolute atomic E-state index is 0.103. The molecule has 0 spiro atoms. The first kappa shape index (κ1) is 13.0. The van der Waals surface area contributed by atoms with Gasteiger partial charge < -0.3 is 5.73 Å². The Balaban J connectivity index is 1.96. The van der Waals surface area contributed by atoms with Crippen molar-refractivity contribution >= 4 is 16.7 Å². The summed E-state index contributed by atoms with van der Waals surface area (Å²) in [5.74, 6) is -0.318. The van der Waals surface area contributed by atoms with Gasteiger partial charge in [0.2, 0.25) is 0 Å². The minimum Gasteiger partial charge on any atom is -0.366 e. The number of fused-ring (bicyclic) bond motifs is 3. The van der Waals surface area contributed by atoms with Crippen molar-refractivity contribution < 1.29 is 4.79 Å². The second-order valence-corrected chi connectivity index (χ2v) is 5.63. The Morgan fingerprint density at radius 2 is 2.09 bits per heavy atom. The number of hydrogen-bond donors (Lipinski definition) is 1. The molecule has 3 aromatic rings. The molecule has 1 aliphatic rings. The summed E-state index contributed by atoms with van der Waals surface area (Å²) in [5, 5.41) is 2.31. The van der Waals surface area contributed by atoms with Crippen LogP contribution in [0.4, 0.5) is 0 Å². The van der Waals surface area contributed by atoms with E-state index in [1.807, 2.05) is 12.3 Å². The van der Waals surface area contributed by atoms with E-state index in [1.54, 1.807) is 24.5 Å². The van der Waals surface area contributed by atoms with Crippen LogP contribution >= 0.6 is 0 Å². The van der Waals surface area contributed by atoms with Gasteiger partial charge in [0.25, 0.3) is 5.91 Å². The molecule has 0 saturated heterocycles. The number of rotatable bonds is 2. The summed E-state index contributed by atoms with van der Waals surface area (Å²) in [5.41, 5.74) is 9.38. The molecule has 2 aromatic heterocycles. The number of primary amides is 1. The van der Waals surface area contributed by atoms with Gasteiger partial charge in [0.1, 0.15) is 0 Å². The fraction of sp³-hybridized carbons (Fsp3) is 0.167. The SMILES string of the molecule is NC(=O)c1cccnc1C1CCc2ccc3ccncc3c21. The van der Waals surface area contributed by atoms with Crippen molar-refractivity contribution in [3.8, 4) is 0 Å². The number of carbonyl (C=O) groups is 1. The van der Waals surface area contributed by atoms with Crippen molar-refractivity contribution in [2.75, 3.05) is 0 Å². The fourth-order valence-corrected chi connectivity index (χ4v) is 3.48. The van der Waals surface area contributed by atoms with Crippen LogP contribution in [0.15, 0.2) is 48.9 Å². The first-order valence-corrected chi connectivity index (χ1v) is 7.36. The van der Waals surface area contributed by atoms with Crippen LogP contribution in [-0.4, -0.2) is 15.9 Å². The van der Waals surface area contributed by atoms with Gasteiger partial charge in [-0.05, 0) is 47.6 Å². The van der Waals surface area contributed by atoms with Gasteiger partial charge in [-0.2, -0.15) is 0 Å². The van der Waals surface area contributed by atoms with Crippen LogP contribution in [0.2, 0.25) is 0 Å². The third kappa shape index (κ3) is 1.88. The quantitative estimate of drug-likeness (QED) is 0.788. The number of aromatic nitrogens is 2. The van der Waals surface area contributed by atoms with E-state index in [0.29, 0.717) is 5.56 Å². The van der Waals surface area contributed by atoms with E-state index in [1.165, 1.54) is 11.1 Å². The van der Waals surface area contributed by atoms with Crippen LogP contribution in [-0.2, 0) is 6.42 Å². The van der Waals surface area contributed by atoms with E-state index in [0.717, 1.165) is 29.3 Å². The topological polar surface area (TPSA) is 68.9 Å². The van der Waals surface area contributed by atoms with Crippen molar-refractivity contribution in [1.29, 1.82) is 0 Å². The maximum Gasteiger partial charge on any atom is 0.250 e. The third-order valence-electron chi connectivity index (χ3n) is 4.44. The Kier molecular flexibility index (Phi) is 2.89. The van der Waals surface area contributed by atoms with E-state index >= 15 is 0 Å². The molecule has 4 rings (SSSR count). The molecule has 22 heavy (non-hydrogen) atoms. The fourth-order valence-electron chi connectivity index (χ4n) is 3.48. The van der Waals surface area contributed by atoms with Crippen LogP contribution < -0.4 is 5.73 Å². The molecule has 0 aliphatic heterocycles. The highest BCUT2D eigenvalue weighted by Gasteiger charge is 2.29. The summed E-state index contributed by atoms with van der Waals surface area (Å²) in [6.45, 7) is 0. The number of aryl methyl sites for hydroxylation is 1. The Morgan fingerprint density at radius 1 is 1.18 bits per heavy atom. The van der Waals surface area contributed by atoms with Crippen LogP contribution in [0, 0.1) is 0 Å². The lowest BCUT2D eigenvalue weighted by Gasteiger charge is -2.16. The van der Waals surface area contributed by atoms with Crippen molar-refractivity contribution in [2.24, 2.45) is 5.73 Å². The summed E-state index contributed by atoms with van der Waals surface area (Å²) in [4.78, 5) is 20.5. The summed E-state index contributed by atoms with van der Waals surface area (Å²) >= 11 is 0. The molecule has 4 heteroatoms. The maximum atomic E-state index is 11.7. The van der Waals surface area contributed by atoms with Crippen molar-refractivity contribution in [3.05, 3.63) is 71.3 Å². The smallest absolute Gasteiger partial charge is 0.250 e. The molecular weight excluding hydrogens is 274 g/mol. The van der Waals surface area contributed by atoms with Crippen LogP contribution in [0.3, 0.4) is 0 Å². The molecule has 1 amide bonds. The number of nitrogens with zero attached hydrogens (tertiary/aromatic N) is 2. The number of benzene rings is 1. The largest absolute Gasteiger partial charge is 0.366 e. The predicted molar refractivity (Wildman–Crippen MR) is 84.7 cm³/mol. The molecule has 0 radical (unpaired) electrons. The molecular formula is C18H15N3O. The van der Waals surface area contributed by atoms with Crippen LogP contribution in [0.1, 0.15) is 39.5 Å². The Labute approximate surface area is 128 Å². The highest BCUT2D eigenvalue weighted by atomic mass is 16.1. The van der Waals surface area contributed by atoms with E-state index in [2.05, 4.69) is 22.1 Å². The maximum absolute atomic E-state index is 11.7. The summed E-state index contributed by atoms with van der Waals surface area (Å²) < 4.78 is 0. The number of carbonyl (C=O) groups excluding carboxylic acids is 1. The van der Waals surface area contributed by atoms with Crippen LogP contribution in [0.25, 0.3) is 10.8 Å². The molecule has 0 saturated carbocycles. The standard InChI is InChI=1S/C18H15N3O/c19-18(22)14-2-1-8-21-17(14)13-6-5-12-4-3-11-7-9-20-10-15(11)16(12)13/h1-4,7-10,13H,5-6H2,(H2,19,22). The van der Waals surface area contributed by atoms with E-state index in [4.69, 9.17) is 5.73 Å². The zero-order chi connectivity index (χ0) is 15.1. The summed E-state index contributed by atoms with van der Waals surface area (Å²) in [6.07, 6.45) is 7.36. The first-order valence-electron chi connectivity index (χ1n) is 7.36. The van der Waals surface area contributed by atoms with Gasteiger partial charge in [-0.3, -0.25) is 14.8 Å². The lowest BCUT2D eigenvalue weighted by atomic mass is 9.90. The summed E-state index contributed by atoms with van der Waals surface area (Å²) in [7, 11) is 0. The molecule has 0 bridgehead atoms. The number of nitrogens with two attached hydrogens (primary N) is 1. The summed E-state index contributed by atoms with van der Waals surface area (Å²) in [6, 6.07) is 9.82. The molecule has 1 unspecified atom stereocenters. The molecule has 2 N–H and O–H groups in total. The average molecular weight is 289 g/mol. The Bertz CT molecular complexity index is 888. The molecule has 108 valence electrons. The van der Waals surface area contributed by atoms with Gasteiger partial charge in [0, 0.05) is 29.9 Å². The van der Waals surface area contributed by atoms with Crippen molar-refractivity contribution in [2.45, 2.75) is 18.8 Å². The van der Waals surface area contributed by atoms with E-state index in [9.17, 15) is 4.79 Å². The van der Waals surface area contributed by atoms with Gasteiger partial charge in [-0.1, -0.05) is 12.1 Å². The van der Waals surface area contributed by atoms with Crippen LogP contribution in [0.5, 0.6) is 0 Å². The van der Waals surface area contributed by atoms with Gasteiger partial charge in [0.15, 0.2) is 0 Å². The van der Waals surface area contributed by atoms with Gasteiger partial charge in [0.05, 0.1) is 11.3 Å². The first-order chi connectivity index (χ1) is 10.8. The monoisotopic (exact) mass is 289 g/mol. The predicted octanol–water partition coefficient (Wildman–Crippen LogP) is 2.81. The Hall–Kier alpha value is -2.75. The van der Waals surface area contributed by atoms with Crippen molar-refractivity contribution in [3.63, 3.8) is 0 Å². The highest BCUT2D eigenvalue weighted by Crippen LogP contribution is 2.42. The highest BCUT2D eigenvalue weighted by molar-refractivity contribution is 5.95. The van der Waals surface area contributed by atoms with Gasteiger partial charge in [-0.15, -0.1) is 0 Å². The number of pyridine rings is 2. The molecule has 0 fully saturated rings. The zero-order valence-electron chi connectivity index (χ0n) is 12.0. The average Bonchev–Trinajstić information content (AvgIpc) is 2.99. The van der Waals surface area contributed by atoms with Gasteiger partial charge >= 0.3 is 0 Å². The lowest BCUT2D eigenvalue weighted by Crippen LogP contribution is -2.16. The normalized spacial score (nSPS) is 16.6. The van der Waals surface area contributed by atoms with E-state index < -0.39 is 5.91 Å². The molecule has 1 aliphatic carbocycles. The van der Waals surface area contributed by atoms with Gasteiger partial charge in [-0.25, -0.2) is 0 Å². The second kappa shape index (κ2) is 4.91. The molecule has 1 atom stereocenters. The number of hydrogen-bond acceptors (Lipinski definition) is 3. The zero-order valence-corrected chi connectivity index (χ0v) is 12.0. The van der Waals surface area contributed by atoms with E-state index in [-0.39, 0.29) is 5.92 Å². The lowest BCUT2D eigenvalue weighted by molar-refractivity contribution is 0.0998. The number of amides is 1.